The van der Waals surface area contributed by atoms with Crippen LogP contribution in [0.3, 0.4) is 0 Å². The molecule has 0 bridgehead atoms. The first-order valence-electron chi connectivity index (χ1n) is 12.7. The van der Waals surface area contributed by atoms with Crippen molar-refractivity contribution >= 4 is 24.9 Å². The molecule has 0 saturated heterocycles. The average Bonchev–Trinajstić information content (AvgIpc) is 2.86. The van der Waals surface area contributed by atoms with Crippen LogP contribution in [-0.4, -0.2) is 54.9 Å². The van der Waals surface area contributed by atoms with Crippen LogP contribution >= 0.6 is 14.3 Å². The normalized spacial score (nSPS) is 13.0. The molecule has 2 aromatic rings. The molecular weight excluding hydrogens is 653 g/mol. The Bertz CT molecular complexity index is 927. The van der Waals surface area contributed by atoms with E-state index in [0.717, 1.165) is 25.7 Å². The Labute approximate surface area is 255 Å². The molecule has 9 heteroatoms. The smallest absolute Gasteiger partial charge is 0.150 e. The van der Waals surface area contributed by atoms with Crippen LogP contribution in [0.4, 0.5) is 0 Å². The first kappa shape index (κ1) is 36.7. The van der Waals surface area contributed by atoms with Crippen LogP contribution in [0.5, 0.6) is 11.5 Å². The topological polar surface area (TPSA) is 93.1 Å². The molecule has 0 amide bonds. The van der Waals surface area contributed by atoms with Crippen LogP contribution < -0.4 is 20.1 Å². The molecule has 2 rings (SSSR count). The maximum atomic E-state index is 14.6. The molecule has 37 heavy (non-hydrogen) atoms. The largest absolute Gasteiger partial charge is 0.497 e. The molecule has 2 radical (unpaired) electrons. The van der Waals surface area contributed by atoms with Gasteiger partial charge in [0.05, 0.1) is 39.5 Å². The van der Waals surface area contributed by atoms with Crippen molar-refractivity contribution in [1.82, 2.24) is 0 Å². The van der Waals surface area contributed by atoms with Crippen molar-refractivity contribution in [3.63, 3.8) is 0 Å². The summed E-state index contributed by atoms with van der Waals surface area (Å²) in [7, 11) is -2.53. The number of unbranched alkanes of at least 4 members (excludes halogenated alkanes) is 2. The summed E-state index contributed by atoms with van der Waals surface area (Å²) in [6.07, 6.45) is 5.52. The molecule has 212 valence electrons. The predicted octanol–water partition coefficient (Wildman–Crippen LogP) is 5.89. The average molecular weight is 699 g/mol. The van der Waals surface area contributed by atoms with Crippen molar-refractivity contribution in [3.05, 3.63) is 55.0 Å². The van der Waals surface area contributed by atoms with Gasteiger partial charge in [0.2, 0.25) is 0 Å². The van der Waals surface area contributed by atoms with Crippen molar-refractivity contribution in [2.24, 2.45) is 0 Å². The van der Waals surface area contributed by atoms with Crippen LogP contribution in [-0.2, 0) is 9.13 Å². The summed E-state index contributed by atoms with van der Waals surface area (Å²) in [5, 5.41) is 18.4. The second-order valence-corrected chi connectivity index (χ2v) is 15.8. The Balaban J connectivity index is 0.00000142. The number of methoxy groups -OCH3 is 2. The van der Waals surface area contributed by atoms with Crippen molar-refractivity contribution < 1.29 is 67.4 Å². The van der Waals surface area contributed by atoms with E-state index in [9.17, 15) is 9.13 Å². The third-order valence-electron chi connectivity index (χ3n) is 5.79. The number of aliphatic hydroxyl groups excluding tert-OH is 2. The number of rotatable bonds is 14. The quantitative estimate of drug-likeness (QED) is 0.239. The van der Waals surface area contributed by atoms with Crippen LogP contribution in [0.1, 0.15) is 53.4 Å². The first-order valence-corrected chi connectivity index (χ1v) is 16.9. The third-order valence-corrected chi connectivity index (χ3v) is 13.9. The van der Waals surface area contributed by atoms with E-state index < -0.39 is 26.5 Å². The molecule has 0 fully saturated rings. The zero-order valence-electron chi connectivity index (χ0n) is 23.1. The van der Waals surface area contributed by atoms with Gasteiger partial charge in [-0.1, -0.05) is 51.0 Å². The summed E-state index contributed by atoms with van der Waals surface area (Å²) in [5.41, 5.74) is 0. The molecule has 0 aromatic heterocycles. The van der Waals surface area contributed by atoms with Crippen LogP contribution in [0.2, 0.25) is 0 Å². The van der Waals surface area contributed by atoms with Gasteiger partial charge in [-0.25, -0.2) is 0 Å². The van der Waals surface area contributed by atoms with Gasteiger partial charge in [0.15, 0.2) is 7.14 Å². The molecule has 0 saturated carbocycles. The van der Waals surface area contributed by atoms with Gasteiger partial charge in [0.25, 0.3) is 0 Å². The van der Waals surface area contributed by atoms with E-state index in [1.807, 2.05) is 48.5 Å². The Morgan fingerprint density at radius 3 is 1.51 bits per heavy atom. The Kier molecular flexibility index (Phi) is 18.7. The van der Waals surface area contributed by atoms with Gasteiger partial charge in [-0.15, -0.1) is 0 Å². The summed E-state index contributed by atoms with van der Waals surface area (Å²) >= 11 is 0. The summed E-state index contributed by atoms with van der Waals surface area (Å²) < 4.78 is 39.3. The maximum Gasteiger partial charge on any atom is 0.150 e. The fourth-order valence-corrected chi connectivity index (χ4v) is 12.9. The minimum atomic E-state index is -3.13. The predicted molar refractivity (Wildman–Crippen MR) is 153 cm³/mol. The maximum absolute atomic E-state index is 14.6. The van der Waals surface area contributed by atoms with Crippen molar-refractivity contribution in [1.29, 1.82) is 0 Å². The van der Waals surface area contributed by atoms with Crippen LogP contribution in [0.25, 0.3) is 0 Å². The number of hydrogen-bond acceptors (Lipinski definition) is 6. The van der Waals surface area contributed by atoms with Gasteiger partial charge < -0.3 is 28.8 Å². The van der Waals surface area contributed by atoms with Crippen molar-refractivity contribution in [2.75, 3.05) is 32.4 Å². The van der Waals surface area contributed by atoms with E-state index in [1.54, 1.807) is 28.1 Å². The molecule has 2 N–H and O–H groups in total. The van der Waals surface area contributed by atoms with E-state index >= 15 is 0 Å². The Morgan fingerprint density at radius 1 is 0.811 bits per heavy atom. The summed E-state index contributed by atoms with van der Waals surface area (Å²) in [5.74, 6) is 1.53. The van der Waals surface area contributed by atoms with Gasteiger partial charge in [-0.3, -0.25) is 0 Å². The first-order chi connectivity index (χ1) is 17.0. The minimum Gasteiger partial charge on any atom is -0.497 e. The van der Waals surface area contributed by atoms with E-state index in [-0.39, 0.29) is 44.5 Å². The molecule has 0 spiro atoms. The van der Waals surface area contributed by atoms with Crippen molar-refractivity contribution in [3.8, 4) is 11.5 Å². The molecule has 2 atom stereocenters. The zero-order valence-corrected chi connectivity index (χ0v) is 27.0. The molecule has 0 heterocycles. The molecule has 2 unspecified atom stereocenters. The number of ether oxygens (including phenoxy) is 2. The molecule has 0 aliphatic heterocycles. The number of hydrogen-bond donors (Lipinski definition) is 2. The van der Waals surface area contributed by atoms with E-state index in [4.69, 9.17) is 19.7 Å². The van der Waals surface area contributed by atoms with Gasteiger partial charge in [-0.2, -0.15) is 0 Å². The molecular formula is C28H45O6P2Tb. The zero-order chi connectivity index (χ0) is 27.2. The standard InChI is InChI=1S/C23H34O4P2.C5H11O2.Tb/c1-5-7-15-28(24,16-8-6-2)19-29(25,22-13-9-11-20(17-22)26-3)23-14-10-12-21(18-23)27-4;1-4(6)3-5(2)7;/h9-14,17-18H,5-8,15-16,19H2,1-4H3;3-7H,1-2H3;. The summed E-state index contributed by atoms with van der Waals surface area (Å²) in [4.78, 5) is 0. The number of aliphatic hydroxyl groups is 2. The third kappa shape index (κ3) is 13.1. The molecule has 0 aliphatic carbocycles. The van der Waals surface area contributed by atoms with Gasteiger partial charge >= 0.3 is 0 Å². The Hall–Kier alpha value is -0.294. The van der Waals surface area contributed by atoms with E-state index in [0.29, 0.717) is 34.4 Å². The second kappa shape index (κ2) is 18.9. The SMILES string of the molecule is CC(O)[CH]C(C)O.CCCCP(=O)(CCCC)CP(=O)(c1cccc(OC)c1)c1cccc(OC)c1.[Tb]. The Morgan fingerprint density at radius 2 is 1.22 bits per heavy atom. The second-order valence-electron chi connectivity index (χ2n) is 9.17. The van der Waals surface area contributed by atoms with Gasteiger partial charge in [0.1, 0.15) is 11.5 Å². The fraction of sp³-hybridized carbons (Fsp3) is 0.536. The number of benzene rings is 2. The van der Waals surface area contributed by atoms with Crippen LogP contribution in [0.15, 0.2) is 48.5 Å². The van der Waals surface area contributed by atoms with Gasteiger partial charge in [-0.05, 0) is 51.0 Å². The summed E-state index contributed by atoms with van der Waals surface area (Å²) in [6.45, 7) is 7.42. The van der Waals surface area contributed by atoms with Crippen LogP contribution in [0, 0.1) is 45.0 Å². The fourth-order valence-electron chi connectivity index (χ4n) is 3.89. The van der Waals surface area contributed by atoms with Crippen molar-refractivity contribution in [2.45, 2.75) is 65.6 Å². The monoisotopic (exact) mass is 698 g/mol. The van der Waals surface area contributed by atoms with E-state index in [1.165, 1.54) is 6.42 Å². The van der Waals surface area contributed by atoms with E-state index in [2.05, 4.69) is 13.8 Å². The molecule has 6 nitrogen and oxygen atoms in total. The minimum absolute atomic E-state index is 0. The molecule has 2 aromatic carbocycles. The van der Waals surface area contributed by atoms with Gasteiger partial charge in [0, 0.05) is 68.0 Å². The molecule has 0 aliphatic rings. The summed E-state index contributed by atoms with van der Waals surface area (Å²) in [6, 6.07) is 14.8.